The quantitative estimate of drug-likeness (QED) is 0.428. The molecule has 0 amide bonds. The van der Waals surface area contributed by atoms with Crippen LogP contribution in [-0.4, -0.2) is 67.0 Å². The minimum atomic E-state index is -4.15. The highest BCUT2D eigenvalue weighted by Gasteiger charge is 2.40. The summed E-state index contributed by atoms with van der Waals surface area (Å²) in [6.07, 6.45) is 3.89. The molecule has 0 spiro atoms. The fourth-order valence-electron chi connectivity index (χ4n) is 3.20. The zero-order chi connectivity index (χ0) is 26.6. The summed E-state index contributed by atoms with van der Waals surface area (Å²) in [4.78, 5) is 7.87. The number of sulfonamides is 1. The van der Waals surface area contributed by atoms with Crippen molar-refractivity contribution in [2.75, 3.05) is 25.0 Å². The first-order chi connectivity index (χ1) is 16.9. The van der Waals surface area contributed by atoms with Crippen LogP contribution in [0, 0.1) is 0 Å². The van der Waals surface area contributed by atoms with E-state index in [1.165, 1.54) is 30.4 Å². The zero-order valence-corrected chi connectivity index (χ0v) is 21.2. The second-order valence-corrected chi connectivity index (χ2v) is 10.8. The highest BCUT2D eigenvalue weighted by molar-refractivity contribution is 7.92. The van der Waals surface area contributed by atoms with Crippen molar-refractivity contribution in [2.45, 2.75) is 49.1 Å². The van der Waals surface area contributed by atoms with E-state index >= 15 is 4.39 Å². The van der Waals surface area contributed by atoms with E-state index in [0.29, 0.717) is 0 Å². The maximum atomic E-state index is 15.2. The minimum Gasteiger partial charge on any atom is -0.472 e. The summed E-state index contributed by atoms with van der Waals surface area (Å²) in [6, 6.07) is 6.36. The summed E-state index contributed by atoms with van der Waals surface area (Å²) >= 11 is 0. The van der Waals surface area contributed by atoms with Crippen molar-refractivity contribution in [2.24, 2.45) is 0 Å². The lowest BCUT2D eigenvalue weighted by molar-refractivity contribution is -0.132. The van der Waals surface area contributed by atoms with E-state index in [2.05, 4.69) is 14.7 Å². The average molecular weight is 524 g/mol. The maximum Gasteiger partial charge on any atom is 0.269 e. The number of hydrogen-bond acceptors (Lipinski definition) is 9. The molecule has 3 rings (SSSR count). The van der Waals surface area contributed by atoms with Gasteiger partial charge < -0.3 is 24.4 Å². The van der Waals surface area contributed by atoms with Crippen molar-refractivity contribution in [1.82, 2.24) is 9.97 Å². The molecule has 0 fully saturated rings. The van der Waals surface area contributed by atoms with Crippen LogP contribution in [0.25, 0.3) is 0 Å². The Balaban J connectivity index is 1.98. The number of anilines is 1. The Morgan fingerprint density at radius 1 is 1.19 bits per heavy atom. The molecule has 0 bridgehead atoms. The van der Waals surface area contributed by atoms with Crippen LogP contribution in [0.15, 0.2) is 59.8 Å². The standard InChI is InChI=1S/C24H30FN3O7S/c1-23(2,3)16-8-10-18(11-9-16)36(31,32)28-21-20(22(27-15-26-21)34-14-17(30)13-29)35-19-7-5-6-12-24(19,25)33-4/h5-12,15,17,19,29-30H,13-14H2,1-4H3,(H,26,27,28). The molecule has 0 saturated carbocycles. The van der Waals surface area contributed by atoms with Gasteiger partial charge in [-0.25, -0.2) is 17.8 Å². The largest absolute Gasteiger partial charge is 0.472 e. The van der Waals surface area contributed by atoms with E-state index in [1.54, 1.807) is 12.1 Å². The monoisotopic (exact) mass is 523 g/mol. The summed E-state index contributed by atoms with van der Waals surface area (Å²) < 4.78 is 60.0. The summed E-state index contributed by atoms with van der Waals surface area (Å²) in [5, 5.41) is 18.7. The van der Waals surface area contributed by atoms with Gasteiger partial charge in [0.25, 0.3) is 21.8 Å². The highest BCUT2D eigenvalue weighted by Crippen LogP contribution is 2.37. The molecule has 3 unspecified atom stereocenters. The van der Waals surface area contributed by atoms with Crippen LogP contribution in [0.5, 0.6) is 11.6 Å². The molecule has 10 nitrogen and oxygen atoms in total. The van der Waals surface area contributed by atoms with Crippen LogP contribution < -0.4 is 14.2 Å². The Morgan fingerprint density at radius 2 is 1.89 bits per heavy atom. The Kier molecular flexibility index (Phi) is 8.34. The molecule has 0 aliphatic heterocycles. The summed E-state index contributed by atoms with van der Waals surface area (Å²) in [6.45, 7) is 5.05. The summed E-state index contributed by atoms with van der Waals surface area (Å²) in [7, 11) is -2.99. The molecule has 1 aliphatic carbocycles. The molecule has 1 aromatic carbocycles. The topological polar surface area (TPSA) is 140 Å². The highest BCUT2D eigenvalue weighted by atomic mass is 32.2. The van der Waals surface area contributed by atoms with Gasteiger partial charge in [0.1, 0.15) is 19.0 Å². The molecule has 1 heterocycles. The van der Waals surface area contributed by atoms with Crippen LogP contribution in [0.1, 0.15) is 26.3 Å². The van der Waals surface area contributed by atoms with Crippen LogP contribution in [0.2, 0.25) is 0 Å². The molecule has 1 aliphatic rings. The van der Waals surface area contributed by atoms with Gasteiger partial charge in [-0.1, -0.05) is 45.1 Å². The number of aliphatic hydroxyl groups is 2. The molecule has 0 radical (unpaired) electrons. The number of allylic oxidation sites excluding steroid dienone is 2. The van der Waals surface area contributed by atoms with E-state index in [0.717, 1.165) is 25.1 Å². The van der Waals surface area contributed by atoms with E-state index in [1.807, 2.05) is 20.8 Å². The van der Waals surface area contributed by atoms with E-state index in [-0.39, 0.29) is 27.8 Å². The van der Waals surface area contributed by atoms with Gasteiger partial charge in [0.2, 0.25) is 5.75 Å². The third-order valence-corrected chi connectivity index (χ3v) is 6.68. The van der Waals surface area contributed by atoms with Crippen molar-refractivity contribution < 1.29 is 37.2 Å². The Morgan fingerprint density at radius 3 is 2.50 bits per heavy atom. The van der Waals surface area contributed by atoms with Gasteiger partial charge in [-0.15, -0.1) is 0 Å². The normalized spacial score (nSPS) is 20.7. The molecule has 2 aromatic rings. The predicted molar refractivity (Wildman–Crippen MR) is 130 cm³/mol. The SMILES string of the molecule is COC1(F)C=CC=CC1Oc1c(NS(=O)(=O)c2ccc(C(C)(C)C)cc2)ncnc1OCC(O)CO. The van der Waals surface area contributed by atoms with E-state index < -0.39 is 41.3 Å². The van der Waals surface area contributed by atoms with Crippen LogP contribution >= 0.6 is 0 Å². The lowest BCUT2D eigenvalue weighted by Gasteiger charge is -2.30. The van der Waals surface area contributed by atoms with Gasteiger partial charge in [-0.3, -0.25) is 4.72 Å². The predicted octanol–water partition coefficient (Wildman–Crippen LogP) is 2.49. The number of nitrogens with zero attached hydrogens (tertiary/aromatic N) is 2. The number of methoxy groups -OCH3 is 1. The molecule has 0 saturated heterocycles. The van der Waals surface area contributed by atoms with Crippen molar-refractivity contribution in [1.29, 1.82) is 0 Å². The van der Waals surface area contributed by atoms with E-state index in [9.17, 15) is 13.5 Å². The number of halogens is 1. The number of rotatable bonds is 10. The summed E-state index contributed by atoms with van der Waals surface area (Å²) in [5.74, 6) is -3.30. The van der Waals surface area contributed by atoms with Gasteiger partial charge >= 0.3 is 0 Å². The van der Waals surface area contributed by atoms with Gasteiger partial charge in [0.05, 0.1) is 11.5 Å². The molecular weight excluding hydrogens is 493 g/mol. The van der Waals surface area contributed by atoms with Crippen molar-refractivity contribution in [3.63, 3.8) is 0 Å². The first-order valence-corrected chi connectivity index (χ1v) is 12.5. The first kappa shape index (κ1) is 27.5. The average Bonchev–Trinajstić information content (AvgIpc) is 2.84. The molecule has 36 heavy (non-hydrogen) atoms. The van der Waals surface area contributed by atoms with Crippen LogP contribution in [0.3, 0.4) is 0 Å². The molecular formula is C24H30FN3O7S. The second kappa shape index (κ2) is 10.9. The van der Waals surface area contributed by atoms with Crippen molar-refractivity contribution in [3.05, 3.63) is 60.5 Å². The third kappa shape index (κ3) is 6.38. The fourth-order valence-corrected chi connectivity index (χ4v) is 4.21. The lowest BCUT2D eigenvalue weighted by Crippen LogP contribution is -2.42. The third-order valence-electron chi connectivity index (χ3n) is 5.32. The zero-order valence-electron chi connectivity index (χ0n) is 20.4. The Hall–Kier alpha value is -3.06. The second-order valence-electron chi connectivity index (χ2n) is 9.07. The molecule has 196 valence electrons. The Labute approximate surface area is 209 Å². The minimum absolute atomic E-state index is 0.0320. The Bertz CT molecular complexity index is 1210. The van der Waals surface area contributed by atoms with Crippen molar-refractivity contribution in [3.8, 4) is 11.6 Å². The van der Waals surface area contributed by atoms with Crippen LogP contribution in [0.4, 0.5) is 10.2 Å². The van der Waals surface area contributed by atoms with Crippen LogP contribution in [-0.2, 0) is 20.2 Å². The van der Waals surface area contributed by atoms with Crippen molar-refractivity contribution >= 4 is 15.8 Å². The molecule has 3 N–H and O–H groups in total. The number of ether oxygens (including phenoxy) is 3. The smallest absolute Gasteiger partial charge is 0.269 e. The number of benzene rings is 1. The first-order valence-electron chi connectivity index (χ1n) is 11.1. The number of alkyl halides is 1. The maximum absolute atomic E-state index is 15.2. The van der Waals surface area contributed by atoms with Gasteiger partial charge in [-0.05, 0) is 35.3 Å². The molecule has 1 aromatic heterocycles. The van der Waals surface area contributed by atoms with E-state index in [4.69, 9.17) is 19.3 Å². The number of aromatic nitrogens is 2. The lowest BCUT2D eigenvalue weighted by atomic mass is 9.87. The molecule has 12 heteroatoms. The number of nitrogens with one attached hydrogen (secondary N) is 1. The number of aliphatic hydroxyl groups excluding tert-OH is 2. The fraction of sp³-hybridized carbons (Fsp3) is 0.417. The van der Waals surface area contributed by atoms with Gasteiger partial charge in [0.15, 0.2) is 11.9 Å². The molecule has 3 atom stereocenters. The van der Waals surface area contributed by atoms with Gasteiger partial charge in [-0.2, -0.15) is 4.98 Å². The summed E-state index contributed by atoms with van der Waals surface area (Å²) in [5.41, 5.74) is 0.776. The number of hydrogen-bond donors (Lipinski definition) is 3. The van der Waals surface area contributed by atoms with Gasteiger partial charge in [0, 0.05) is 7.11 Å².